The van der Waals surface area contributed by atoms with Crippen LogP contribution in [-0.2, 0) is 32.5 Å². The molecule has 0 heterocycles. The van der Waals surface area contributed by atoms with Crippen LogP contribution in [0.3, 0.4) is 0 Å². The molecule has 0 bridgehead atoms. The van der Waals surface area contributed by atoms with Crippen molar-refractivity contribution in [3.8, 4) is 111 Å². The molecule has 22 aromatic rings. The van der Waals surface area contributed by atoms with Crippen LogP contribution in [0.25, 0.3) is 111 Å². The summed E-state index contributed by atoms with van der Waals surface area (Å²) in [5.74, 6) is 0. The molecule has 676 valence electrons. The van der Waals surface area contributed by atoms with Gasteiger partial charge in [-0.05, 0) is 307 Å². The van der Waals surface area contributed by atoms with Gasteiger partial charge in [-0.15, -0.1) is 0 Å². The number of rotatable bonds is 10. The van der Waals surface area contributed by atoms with Gasteiger partial charge in [0.2, 0.25) is 0 Å². The maximum atomic E-state index is 2.48. The van der Waals surface area contributed by atoms with Gasteiger partial charge in [-0.2, -0.15) is 0 Å². The Kier molecular flexibility index (Phi) is 18.2. The van der Waals surface area contributed by atoms with Crippen LogP contribution in [0.1, 0.15) is 139 Å². The minimum absolute atomic E-state index is 0.115. The van der Waals surface area contributed by atoms with Crippen molar-refractivity contribution in [3.63, 3.8) is 0 Å². The molecule has 2 heteroatoms. The highest BCUT2D eigenvalue weighted by atomic mass is 15.1. The number of nitrogens with zero attached hydrogens (tertiary/aromatic N) is 2. The standard InChI is InChI=1S/2C71H49N/c1-69(2)59-30-10-6-26-53(59)57-40-39-52(45-68(57)69)72(50-24-18-22-47(42-50)46-20-4-3-5-21-46)51-25-19-23-48(43-51)49-38-41-63-58(44-49)56-29-9-13-33-62(56)71(63)66-36-16-14-34-64(66)70(65-35-15-17-37-67(65)71)60-31-11-7-27-54(60)55-28-8-12-32-61(55)70;1-69(2)59-24-10-6-20-53(59)57-42-41-52(45-68(57)69)72(50-37-32-47(33-38-50)46-18-4-3-5-19-46)51-39-34-48(35-40-51)49-36-43-63-58(44-49)56-23-9-13-27-62(56)71(63)66-30-16-14-28-64(66)70(65-29-15-17-31-67(65)71)60-25-11-7-21-54(60)55-22-8-12-26-61(55)70/h2*3-45H,1-2H3. The maximum Gasteiger partial charge on any atom is 0.0720 e. The van der Waals surface area contributed by atoms with Crippen molar-refractivity contribution in [2.24, 2.45) is 0 Å². The van der Waals surface area contributed by atoms with E-state index in [0.29, 0.717) is 0 Å². The molecule has 4 spiro atoms. The van der Waals surface area contributed by atoms with E-state index in [2.05, 4.69) is 559 Å². The lowest BCUT2D eigenvalue weighted by Crippen LogP contribution is -2.43. The fraction of sp³-hybridized carbons (Fsp3) is 0.0704. The van der Waals surface area contributed by atoms with Crippen LogP contribution in [0, 0.1) is 0 Å². The Bertz CT molecular complexity index is 8910. The molecule has 144 heavy (non-hydrogen) atoms. The topological polar surface area (TPSA) is 6.48 Å². The minimum atomic E-state index is -0.529. The van der Waals surface area contributed by atoms with Crippen molar-refractivity contribution in [1.82, 2.24) is 0 Å². The van der Waals surface area contributed by atoms with E-state index in [9.17, 15) is 0 Å². The van der Waals surface area contributed by atoms with E-state index in [0.717, 1.165) is 34.1 Å². The second-order valence-electron chi connectivity index (χ2n) is 41.4. The predicted octanol–water partition coefficient (Wildman–Crippen LogP) is 35.7. The molecular formula is C142H98N2. The van der Waals surface area contributed by atoms with Gasteiger partial charge in [-0.1, -0.05) is 464 Å². The van der Waals surface area contributed by atoms with Crippen LogP contribution in [0.4, 0.5) is 34.1 Å². The molecule has 2 nitrogen and oxygen atoms in total. The van der Waals surface area contributed by atoms with Crippen LogP contribution >= 0.6 is 0 Å². The lowest BCUT2D eigenvalue weighted by molar-refractivity contribution is 0.633. The number of fused-ring (bicyclic) bond motifs is 38. The lowest BCUT2D eigenvalue weighted by atomic mass is 9.52. The summed E-state index contributed by atoms with van der Waals surface area (Å²) in [5, 5.41) is 0. The average molecular weight is 1830 g/mol. The van der Waals surface area contributed by atoms with Crippen molar-refractivity contribution in [1.29, 1.82) is 0 Å². The average Bonchev–Trinajstić information content (AvgIpc) is 1.47. The van der Waals surface area contributed by atoms with Crippen LogP contribution in [0.15, 0.2) is 522 Å². The van der Waals surface area contributed by atoms with E-state index >= 15 is 0 Å². The summed E-state index contributed by atoms with van der Waals surface area (Å²) in [6.45, 7) is 9.46. The molecule has 0 unspecified atom stereocenters. The quantitative estimate of drug-likeness (QED) is 0.135. The third kappa shape index (κ3) is 11.5. The van der Waals surface area contributed by atoms with Gasteiger partial charge in [0.1, 0.15) is 0 Å². The summed E-state index contributed by atoms with van der Waals surface area (Å²) in [6.07, 6.45) is 0. The van der Waals surface area contributed by atoms with E-state index in [1.807, 2.05) is 0 Å². The van der Waals surface area contributed by atoms with Crippen LogP contribution < -0.4 is 9.80 Å². The fourth-order valence-corrected chi connectivity index (χ4v) is 27.9. The maximum absolute atomic E-state index is 2.48. The zero-order valence-electron chi connectivity index (χ0n) is 80.5. The summed E-state index contributed by atoms with van der Waals surface area (Å²) in [6, 6.07) is 197. The number of hydrogen-bond acceptors (Lipinski definition) is 2. The van der Waals surface area contributed by atoms with Gasteiger partial charge in [-0.25, -0.2) is 0 Å². The summed E-state index contributed by atoms with van der Waals surface area (Å²) >= 11 is 0. The van der Waals surface area contributed by atoms with Crippen LogP contribution in [-0.4, -0.2) is 0 Å². The number of benzene rings is 22. The number of anilines is 6. The van der Waals surface area contributed by atoms with Gasteiger partial charge in [0.15, 0.2) is 0 Å². The Morgan fingerprint density at radius 1 is 0.111 bits per heavy atom. The first-order valence-electron chi connectivity index (χ1n) is 50.8. The lowest BCUT2D eigenvalue weighted by Gasteiger charge is -2.48. The van der Waals surface area contributed by atoms with Crippen LogP contribution in [0.5, 0.6) is 0 Å². The third-order valence-corrected chi connectivity index (χ3v) is 33.9. The molecule has 0 atom stereocenters. The fourth-order valence-electron chi connectivity index (χ4n) is 27.9. The Morgan fingerprint density at radius 2 is 0.299 bits per heavy atom. The number of hydrogen-bond donors (Lipinski definition) is 0. The highest BCUT2D eigenvalue weighted by molar-refractivity contribution is 6.00. The molecule has 8 aliphatic rings. The smallest absolute Gasteiger partial charge is 0.0720 e. The Morgan fingerprint density at radius 3 is 0.618 bits per heavy atom. The molecule has 0 aromatic heterocycles. The second kappa shape index (κ2) is 31.5. The Labute approximate surface area is 842 Å². The first-order chi connectivity index (χ1) is 70.9. The van der Waals surface area contributed by atoms with Gasteiger partial charge >= 0.3 is 0 Å². The van der Waals surface area contributed by atoms with E-state index in [1.165, 1.54) is 223 Å². The van der Waals surface area contributed by atoms with Crippen molar-refractivity contribution >= 4 is 34.1 Å². The van der Waals surface area contributed by atoms with Gasteiger partial charge in [0.05, 0.1) is 21.7 Å². The van der Waals surface area contributed by atoms with Gasteiger partial charge < -0.3 is 9.80 Å². The van der Waals surface area contributed by atoms with Crippen molar-refractivity contribution in [2.45, 2.75) is 60.2 Å². The molecule has 0 radical (unpaired) electrons. The molecule has 0 saturated carbocycles. The normalized spacial score (nSPS) is 14.9. The molecule has 0 aliphatic heterocycles. The van der Waals surface area contributed by atoms with Gasteiger partial charge in [-0.3, -0.25) is 0 Å². The molecule has 0 fully saturated rings. The molecule has 22 aromatic carbocycles. The SMILES string of the molecule is CC1(C)c2ccccc2-c2ccc(N(c3ccc(-c4ccccc4)cc3)c3ccc(-c4ccc5c(c4)-c4ccccc4C54c5ccccc5C5(c6ccccc6-c6ccccc65)c5ccccc54)cc3)cc21.CC1(C)c2ccccc2-c2ccc(N(c3cccc(-c4ccccc4)c3)c3cccc(-c4ccc5c(c4)-c4ccccc4C54c5ccccc5C5(c6ccccc6-c6ccccc65)c5ccccc54)c3)cc21. The molecular weight excluding hydrogens is 1730 g/mol. The van der Waals surface area contributed by atoms with Gasteiger partial charge in [0.25, 0.3) is 0 Å². The zero-order chi connectivity index (χ0) is 95.5. The predicted molar refractivity (Wildman–Crippen MR) is 595 cm³/mol. The summed E-state index contributed by atoms with van der Waals surface area (Å²) in [4.78, 5) is 4.88. The third-order valence-electron chi connectivity index (χ3n) is 33.9. The summed E-state index contributed by atoms with van der Waals surface area (Å²) in [5.41, 5.74) is 57.0. The molecule has 0 saturated heterocycles. The van der Waals surface area contributed by atoms with E-state index in [4.69, 9.17) is 0 Å². The summed E-state index contributed by atoms with van der Waals surface area (Å²) in [7, 11) is 0. The second-order valence-corrected chi connectivity index (χ2v) is 41.4. The van der Waals surface area contributed by atoms with E-state index in [1.54, 1.807) is 0 Å². The minimum Gasteiger partial charge on any atom is -0.310 e. The van der Waals surface area contributed by atoms with Crippen molar-refractivity contribution in [2.75, 3.05) is 9.80 Å². The largest absolute Gasteiger partial charge is 0.310 e. The van der Waals surface area contributed by atoms with E-state index < -0.39 is 21.7 Å². The summed E-state index contributed by atoms with van der Waals surface area (Å²) < 4.78 is 0. The molecule has 30 rings (SSSR count). The van der Waals surface area contributed by atoms with Crippen molar-refractivity contribution < 1.29 is 0 Å². The first kappa shape index (κ1) is 83.4. The zero-order valence-corrected chi connectivity index (χ0v) is 80.5. The monoisotopic (exact) mass is 1830 g/mol. The molecule has 0 N–H and O–H groups in total. The molecule has 0 amide bonds. The molecule has 8 aliphatic carbocycles. The van der Waals surface area contributed by atoms with Gasteiger partial charge in [0, 0.05) is 45.0 Å². The Balaban J connectivity index is 0.000000137. The Hall–Kier alpha value is -17.6. The van der Waals surface area contributed by atoms with Crippen LogP contribution in [0.2, 0.25) is 0 Å². The highest BCUT2D eigenvalue weighted by Gasteiger charge is 2.62. The first-order valence-corrected chi connectivity index (χ1v) is 50.8. The van der Waals surface area contributed by atoms with Crippen molar-refractivity contribution in [3.05, 3.63) is 633 Å². The highest BCUT2D eigenvalue weighted by Crippen LogP contribution is 2.71. The van der Waals surface area contributed by atoms with E-state index in [-0.39, 0.29) is 10.8 Å².